The molecule has 2 atom stereocenters. The zero-order chi connectivity index (χ0) is 25.2. The van der Waals surface area contributed by atoms with Crippen LogP contribution in [0.2, 0.25) is 0 Å². The van der Waals surface area contributed by atoms with Crippen LogP contribution in [0.1, 0.15) is 63.5 Å². The van der Waals surface area contributed by atoms with E-state index in [1.807, 2.05) is 50.2 Å². The summed E-state index contributed by atoms with van der Waals surface area (Å²) in [5, 5.41) is 15.0. The molecule has 2 aliphatic rings. The second kappa shape index (κ2) is 10.1. The number of rotatable bonds is 10. The zero-order valence-corrected chi connectivity index (χ0v) is 20.5. The first-order valence-corrected chi connectivity index (χ1v) is 12.4. The van der Waals surface area contributed by atoms with Crippen molar-refractivity contribution in [3.8, 4) is 11.1 Å². The molecule has 0 bridgehead atoms. The van der Waals surface area contributed by atoms with E-state index in [1.54, 1.807) is 6.92 Å². The number of carboxylic acids is 1. The van der Waals surface area contributed by atoms with Gasteiger partial charge >= 0.3 is 12.1 Å². The van der Waals surface area contributed by atoms with Crippen LogP contribution >= 0.6 is 0 Å². The van der Waals surface area contributed by atoms with E-state index in [4.69, 9.17) is 4.74 Å². The van der Waals surface area contributed by atoms with Crippen LogP contribution < -0.4 is 10.6 Å². The molecular weight excluding hydrogens is 444 g/mol. The van der Waals surface area contributed by atoms with Crippen molar-refractivity contribution in [2.24, 2.45) is 11.8 Å². The van der Waals surface area contributed by atoms with Gasteiger partial charge in [0.25, 0.3) is 0 Å². The van der Waals surface area contributed by atoms with Crippen molar-refractivity contribution in [1.82, 2.24) is 10.6 Å². The van der Waals surface area contributed by atoms with E-state index in [0.717, 1.165) is 35.1 Å². The predicted octanol–water partition coefficient (Wildman–Crippen LogP) is 4.70. The Balaban J connectivity index is 1.42. The summed E-state index contributed by atoms with van der Waals surface area (Å²) < 4.78 is 5.65. The molecular formula is C28H34N2O5. The number of aliphatic carboxylic acids is 1. The highest BCUT2D eigenvalue weighted by atomic mass is 16.5. The van der Waals surface area contributed by atoms with Crippen molar-refractivity contribution >= 4 is 18.0 Å². The average Bonchev–Trinajstić information content (AvgIpc) is 3.64. The Hall–Kier alpha value is -3.35. The minimum absolute atomic E-state index is 0.0532. The molecule has 2 amide bonds. The minimum Gasteiger partial charge on any atom is -0.480 e. The largest absolute Gasteiger partial charge is 0.480 e. The van der Waals surface area contributed by atoms with Crippen LogP contribution in [-0.4, -0.2) is 41.3 Å². The van der Waals surface area contributed by atoms with Gasteiger partial charge in [0.15, 0.2) is 0 Å². The number of nitrogens with one attached hydrogen (secondary N) is 2. The second-order valence-corrected chi connectivity index (χ2v) is 10.3. The topological polar surface area (TPSA) is 105 Å². The van der Waals surface area contributed by atoms with Crippen LogP contribution in [-0.2, 0) is 14.3 Å². The lowest BCUT2D eigenvalue weighted by atomic mass is 9.93. The number of carboxylic acid groups (broad SMARTS) is 1. The maximum absolute atomic E-state index is 13.2. The minimum atomic E-state index is -1.23. The van der Waals surface area contributed by atoms with Crippen molar-refractivity contribution in [3.05, 3.63) is 59.7 Å². The van der Waals surface area contributed by atoms with Gasteiger partial charge < -0.3 is 20.5 Å². The quantitative estimate of drug-likeness (QED) is 0.459. The number of hydrogen-bond acceptors (Lipinski definition) is 4. The molecule has 7 nitrogen and oxygen atoms in total. The highest BCUT2D eigenvalue weighted by molar-refractivity contribution is 5.93. The van der Waals surface area contributed by atoms with E-state index < -0.39 is 29.6 Å². The van der Waals surface area contributed by atoms with Crippen molar-refractivity contribution in [3.63, 3.8) is 0 Å². The zero-order valence-electron chi connectivity index (χ0n) is 20.5. The molecule has 0 saturated heterocycles. The molecule has 0 aliphatic heterocycles. The molecule has 0 radical (unpaired) electrons. The van der Waals surface area contributed by atoms with Crippen molar-refractivity contribution < 1.29 is 24.2 Å². The summed E-state index contributed by atoms with van der Waals surface area (Å²) in [5.41, 5.74) is 3.27. The highest BCUT2D eigenvalue weighted by Crippen LogP contribution is 2.44. The van der Waals surface area contributed by atoms with E-state index in [9.17, 15) is 19.5 Å². The number of carbonyl (C=O) groups excluding carboxylic acids is 2. The Morgan fingerprint density at radius 3 is 2.09 bits per heavy atom. The van der Waals surface area contributed by atoms with Gasteiger partial charge in [-0.2, -0.15) is 0 Å². The van der Waals surface area contributed by atoms with Crippen molar-refractivity contribution in [2.45, 2.75) is 64.0 Å². The molecule has 3 N–H and O–H groups in total. The first-order valence-electron chi connectivity index (χ1n) is 12.4. The van der Waals surface area contributed by atoms with E-state index >= 15 is 0 Å². The van der Waals surface area contributed by atoms with Gasteiger partial charge in [-0.25, -0.2) is 9.59 Å². The van der Waals surface area contributed by atoms with Crippen LogP contribution in [0.4, 0.5) is 4.79 Å². The van der Waals surface area contributed by atoms with Gasteiger partial charge in [-0.15, -0.1) is 0 Å². The number of ether oxygens (including phenoxy) is 1. The fourth-order valence-electron chi connectivity index (χ4n) is 4.92. The Morgan fingerprint density at radius 1 is 1.00 bits per heavy atom. The number of alkyl carbamates (subject to hydrolysis) is 1. The molecule has 2 aliphatic carbocycles. The fourth-order valence-corrected chi connectivity index (χ4v) is 4.92. The SMILES string of the molecule is CC(C)CCC(NC(=O)C(C)(NC(=O)OCC1c2ccccc2-c2ccccc21)C1CC1)C(=O)O. The third-order valence-electron chi connectivity index (χ3n) is 7.21. The summed E-state index contributed by atoms with van der Waals surface area (Å²) in [6, 6.07) is 15.2. The van der Waals surface area contributed by atoms with Gasteiger partial charge in [-0.05, 0) is 66.7 Å². The number of fused-ring (bicyclic) bond motifs is 3. The molecule has 35 heavy (non-hydrogen) atoms. The molecule has 1 saturated carbocycles. The highest BCUT2D eigenvalue weighted by Gasteiger charge is 2.49. The van der Waals surface area contributed by atoms with Crippen LogP contribution in [0.25, 0.3) is 11.1 Å². The van der Waals surface area contributed by atoms with Crippen LogP contribution in [0.5, 0.6) is 0 Å². The molecule has 186 valence electrons. The van der Waals surface area contributed by atoms with Crippen LogP contribution in [0.15, 0.2) is 48.5 Å². The molecule has 7 heteroatoms. The van der Waals surface area contributed by atoms with E-state index in [2.05, 4.69) is 22.8 Å². The average molecular weight is 479 g/mol. The Labute approximate surface area is 206 Å². The summed E-state index contributed by atoms with van der Waals surface area (Å²) in [6.45, 7) is 5.82. The van der Waals surface area contributed by atoms with Crippen LogP contribution in [0.3, 0.4) is 0 Å². The van der Waals surface area contributed by atoms with Gasteiger partial charge in [0.05, 0.1) is 0 Å². The molecule has 2 unspecified atom stereocenters. The lowest BCUT2D eigenvalue weighted by Gasteiger charge is -2.31. The third kappa shape index (κ3) is 5.34. The molecule has 4 rings (SSSR count). The molecule has 0 aromatic heterocycles. The summed E-state index contributed by atoms with van der Waals surface area (Å²) in [4.78, 5) is 37.8. The lowest BCUT2D eigenvalue weighted by molar-refractivity contribution is -0.143. The first kappa shape index (κ1) is 24.8. The van der Waals surface area contributed by atoms with E-state index in [-0.39, 0.29) is 18.4 Å². The lowest BCUT2D eigenvalue weighted by Crippen LogP contribution is -2.61. The summed E-state index contributed by atoms with van der Waals surface area (Å²) in [7, 11) is 0. The van der Waals surface area contributed by atoms with Crippen LogP contribution in [0, 0.1) is 11.8 Å². The molecule has 0 heterocycles. The number of carbonyl (C=O) groups is 3. The van der Waals surface area contributed by atoms with Gasteiger partial charge in [0.1, 0.15) is 18.2 Å². The summed E-state index contributed by atoms with van der Waals surface area (Å²) >= 11 is 0. The predicted molar refractivity (Wildman–Crippen MR) is 133 cm³/mol. The van der Waals surface area contributed by atoms with Crippen molar-refractivity contribution in [1.29, 1.82) is 0 Å². The normalized spacial score (nSPS) is 17.1. The van der Waals surface area contributed by atoms with Gasteiger partial charge in [0.2, 0.25) is 5.91 Å². The molecule has 2 aromatic rings. The Morgan fingerprint density at radius 2 is 1.57 bits per heavy atom. The first-order chi connectivity index (χ1) is 16.7. The Bertz CT molecular complexity index is 1060. The molecule has 1 fully saturated rings. The number of amides is 2. The van der Waals surface area contributed by atoms with E-state index in [1.165, 1.54) is 0 Å². The van der Waals surface area contributed by atoms with Crippen molar-refractivity contribution in [2.75, 3.05) is 6.61 Å². The van der Waals surface area contributed by atoms with E-state index in [0.29, 0.717) is 18.8 Å². The Kier molecular flexibility index (Phi) is 7.15. The molecule has 2 aromatic carbocycles. The number of benzene rings is 2. The standard InChI is InChI=1S/C28H34N2O5/c1-17(2)12-15-24(25(31)32)29-26(33)28(3,18-13-14-18)30-27(34)35-16-23-21-10-6-4-8-19(21)20-9-5-7-11-22(20)23/h4-11,17-18,23-24H,12-16H2,1-3H3,(H,29,33)(H,30,34)(H,31,32). The summed E-state index contributed by atoms with van der Waals surface area (Å²) in [5.74, 6) is -1.37. The molecule has 0 spiro atoms. The third-order valence-corrected chi connectivity index (χ3v) is 7.21. The van der Waals surface area contributed by atoms with Gasteiger partial charge in [0, 0.05) is 5.92 Å². The maximum atomic E-state index is 13.2. The fraction of sp³-hybridized carbons (Fsp3) is 0.464. The monoisotopic (exact) mass is 478 g/mol. The van der Waals surface area contributed by atoms with Gasteiger partial charge in [-0.3, -0.25) is 4.79 Å². The smallest absolute Gasteiger partial charge is 0.408 e. The summed E-state index contributed by atoms with van der Waals surface area (Å²) in [6.07, 6.45) is 1.92. The maximum Gasteiger partial charge on any atom is 0.408 e. The number of hydrogen-bond donors (Lipinski definition) is 3. The van der Waals surface area contributed by atoms with Gasteiger partial charge in [-0.1, -0.05) is 62.4 Å². The second-order valence-electron chi connectivity index (χ2n) is 10.3.